The van der Waals surface area contributed by atoms with Crippen LogP contribution >= 0.6 is 0 Å². The van der Waals surface area contributed by atoms with Crippen LogP contribution in [-0.4, -0.2) is 31.8 Å². The van der Waals surface area contributed by atoms with Crippen molar-refractivity contribution in [2.24, 2.45) is 5.10 Å². The van der Waals surface area contributed by atoms with Gasteiger partial charge in [0, 0.05) is 5.56 Å². The predicted molar refractivity (Wildman–Crippen MR) is 117 cm³/mol. The molecule has 0 aliphatic heterocycles. The van der Waals surface area contributed by atoms with E-state index in [2.05, 4.69) is 10.5 Å². The molecular weight excluding hydrogens is 396 g/mol. The van der Waals surface area contributed by atoms with Crippen molar-refractivity contribution < 1.29 is 23.8 Å². The highest BCUT2D eigenvalue weighted by Crippen LogP contribution is 2.29. The average molecular weight is 418 g/mol. The summed E-state index contributed by atoms with van der Waals surface area (Å²) in [6.45, 7) is 2.22. The minimum Gasteiger partial charge on any atom is -0.497 e. The average Bonchev–Trinajstić information content (AvgIpc) is 2.81. The van der Waals surface area contributed by atoms with Crippen LogP contribution in [0.2, 0.25) is 0 Å². The zero-order chi connectivity index (χ0) is 22.1. The molecule has 7 nitrogen and oxygen atoms in total. The van der Waals surface area contributed by atoms with Gasteiger partial charge in [-0.05, 0) is 61.0 Å². The smallest absolute Gasteiger partial charge is 0.343 e. The van der Waals surface area contributed by atoms with Crippen LogP contribution in [0.15, 0.2) is 77.9 Å². The number of benzene rings is 3. The Labute approximate surface area is 180 Å². The number of hydrazone groups is 1. The van der Waals surface area contributed by atoms with Gasteiger partial charge in [-0.2, -0.15) is 5.10 Å². The molecular formula is C24H22N2O5. The van der Waals surface area contributed by atoms with Gasteiger partial charge in [-0.1, -0.05) is 24.3 Å². The van der Waals surface area contributed by atoms with Crippen molar-refractivity contribution in [1.29, 1.82) is 0 Å². The van der Waals surface area contributed by atoms with E-state index in [4.69, 9.17) is 14.2 Å². The fourth-order valence-corrected chi connectivity index (χ4v) is 2.68. The molecule has 7 heteroatoms. The number of carbonyl (C=O) groups excluding carboxylic acids is 2. The molecule has 0 aromatic heterocycles. The maximum absolute atomic E-state index is 12.3. The van der Waals surface area contributed by atoms with Gasteiger partial charge in [0.1, 0.15) is 5.75 Å². The van der Waals surface area contributed by atoms with Gasteiger partial charge < -0.3 is 14.2 Å². The van der Waals surface area contributed by atoms with Crippen LogP contribution in [0.25, 0.3) is 0 Å². The van der Waals surface area contributed by atoms with Crippen LogP contribution < -0.4 is 19.6 Å². The first-order chi connectivity index (χ1) is 15.1. The van der Waals surface area contributed by atoms with Crippen LogP contribution in [0, 0.1) is 0 Å². The maximum atomic E-state index is 12.3. The molecule has 0 spiro atoms. The summed E-state index contributed by atoms with van der Waals surface area (Å²) in [4.78, 5) is 24.5. The van der Waals surface area contributed by atoms with Crippen LogP contribution in [0.1, 0.15) is 33.2 Å². The molecule has 0 aliphatic carbocycles. The lowest BCUT2D eigenvalue weighted by molar-refractivity contribution is 0.0728. The molecule has 158 valence electrons. The first-order valence-electron chi connectivity index (χ1n) is 9.62. The van der Waals surface area contributed by atoms with Crippen molar-refractivity contribution in [2.45, 2.75) is 6.92 Å². The molecule has 0 unspecified atom stereocenters. The summed E-state index contributed by atoms with van der Waals surface area (Å²) in [6.07, 6.45) is 1.48. The van der Waals surface area contributed by atoms with E-state index in [9.17, 15) is 9.59 Å². The number of rotatable bonds is 8. The standard InChI is InChI=1S/C24H22N2O5/c1-3-30-22-14-17(12-13-21(22)31-24(28)18-8-5-4-6-9-18)16-25-26-23(27)19-10-7-11-20(15-19)29-2/h4-16H,3H2,1-2H3,(H,26,27)/b25-16-. The SMILES string of the molecule is CCOc1cc(/C=N\NC(=O)c2cccc(OC)c2)ccc1OC(=O)c1ccccc1. The van der Waals surface area contributed by atoms with Crippen molar-refractivity contribution in [3.8, 4) is 17.2 Å². The molecule has 0 aliphatic rings. The lowest BCUT2D eigenvalue weighted by atomic mass is 10.2. The number of amides is 1. The van der Waals surface area contributed by atoms with E-state index in [-0.39, 0.29) is 5.91 Å². The second-order valence-electron chi connectivity index (χ2n) is 6.33. The van der Waals surface area contributed by atoms with Crippen LogP contribution in [-0.2, 0) is 0 Å². The Kier molecular flexibility index (Phi) is 7.37. The lowest BCUT2D eigenvalue weighted by Gasteiger charge is -2.11. The summed E-state index contributed by atoms with van der Waals surface area (Å²) in [5, 5.41) is 3.98. The molecule has 0 saturated carbocycles. The zero-order valence-electron chi connectivity index (χ0n) is 17.2. The van der Waals surface area contributed by atoms with Gasteiger partial charge in [-0.25, -0.2) is 10.2 Å². The highest BCUT2D eigenvalue weighted by Gasteiger charge is 2.13. The van der Waals surface area contributed by atoms with E-state index in [1.807, 2.05) is 13.0 Å². The minimum absolute atomic E-state index is 0.299. The third-order valence-corrected chi connectivity index (χ3v) is 4.19. The molecule has 0 fully saturated rings. The van der Waals surface area contributed by atoms with E-state index in [1.54, 1.807) is 66.7 Å². The van der Waals surface area contributed by atoms with Crippen molar-refractivity contribution in [2.75, 3.05) is 13.7 Å². The van der Waals surface area contributed by atoms with Crippen LogP contribution in [0.3, 0.4) is 0 Å². The maximum Gasteiger partial charge on any atom is 0.343 e. The van der Waals surface area contributed by atoms with E-state index in [1.165, 1.54) is 13.3 Å². The molecule has 3 rings (SSSR count). The number of hydrogen-bond donors (Lipinski definition) is 1. The van der Waals surface area contributed by atoms with Crippen molar-refractivity contribution in [3.63, 3.8) is 0 Å². The fraction of sp³-hybridized carbons (Fsp3) is 0.125. The quantitative estimate of drug-likeness (QED) is 0.258. The van der Waals surface area contributed by atoms with Crippen molar-refractivity contribution in [1.82, 2.24) is 5.43 Å². The molecule has 31 heavy (non-hydrogen) atoms. The Morgan fingerprint density at radius 2 is 1.71 bits per heavy atom. The van der Waals surface area contributed by atoms with Crippen molar-refractivity contribution >= 4 is 18.1 Å². The third-order valence-electron chi connectivity index (χ3n) is 4.19. The van der Waals surface area contributed by atoms with Crippen LogP contribution in [0.5, 0.6) is 17.2 Å². The Morgan fingerprint density at radius 1 is 0.935 bits per heavy atom. The Bertz CT molecular complexity index is 1080. The zero-order valence-corrected chi connectivity index (χ0v) is 17.2. The second kappa shape index (κ2) is 10.6. The predicted octanol–water partition coefficient (Wildman–Crippen LogP) is 4.08. The molecule has 1 amide bonds. The highest BCUT2D eigenvalue weighted by molar-refractivity contribution is 5.95. The molecule has 0 bridgehead atoms. The van der Waals surface area contributed by atoms with E-state index in [0.29, 0.717) is 40.5 Å². The Balaban J connectivity index is 1.69. The lowest BCUT2D eigenvalue weighted by Crippen LogP contribution is -2.17. The Hall–Kier alpha value is -4.13. The number of nitrogens with one attached hydrogen (secondary N) is 1. The van der Waals surface area contributed by atoms with Crippen LogP contribution in [0.4, 0.5) is 0 Å². The summed E-state index contributed by atoms with van der Waals surface area (Å²) >= 11 is 0. The van der Waals surface area contributed by atoms with Gasteiger partial charge in [0.2, 0.25) is 0 Å². The first kappa shape index (κ1) is 21.6. The van der Waals surface area contributed by atoms with Gasteiger partial charge in [0.15, 0.2) is 11.5 Å². The normalized spacial score (nSPS) is 10.5. The van der Waals surface area contributed by atoms with Gasteiger partial charge in [0.25, 0.3) is 5.91 Å². The second-order valence-corrected chi connectivity index (χ2v) is 6.33. The van der Waals surface area contributed by atoms with Gasteiger partial charge >= 0.3 is 5.97 Å². The fourth-order valence-electron chi connectivity index (χ4n) is 2.68. The summed E-state index contributed by atoms with van der Waals surface area (Å²) < 4.78 is 16.2. The highest BCUT2D eigenvalue weighted by atomic mass is 16.6. The molecule has 0 atom stereocenters. The van der Waals surface area contributed by atoms with E-state index >= 15 is 0 Å². The summed E-state index contributed by atoms with van der Waals surface area (Å²) in [7, 11) is 1.53. The third kappa shape index (κ3) is 5.93. The monoisotopic (exact) mass is 418 g/mol. The molecule has 1 N–H and O–H groups in total. The van der Waals surface area contributed by atoms with Gasteiger partial charge in [-0.3, -0.25) is 4.79 Å². The summed E-state index contributed by atoms with van der Waals surface area (Å²) in [6, 6.07) is 20.5. The van der Waals surface area contributed by atoms with E-state index < -0.39 is 5.97 Å². The molecule has 3 aromatic carbocycles. The molecule has 0 saturated heterocycles. The Morgan fingerprint density at radius 3 is 2.45 bits per heavy atom. The number of hydrogen-bond acceptors (Lipinski definition) is 6. The van der Waals surface area contributed by atoms with E-state index in [0.717, 1.165) is 0 Å². The van der Waals surface area contributed by atoms with Gasteiger partial charge in [0.05, 0.1) is 25.5 Å². The van der Waals surface area contributed by atoms with Gasteiger partial charge in [-0.15, -0.1) is 0 Å². The summed E-state index contributed by atoms with van der Waals surface area (Å²) in [5.41, 5.74) is 3.99. The molecule has 0 heterocycles. The van der Waals surface area contributed by atoms with Crippen molar-refractivity contribution in [3.05, 3.63) is 89.5 Å². The number of nitrogens with zero attached hydrogens (tertiary/aromatic N) is 1. The number of ether oxygens (including phenoxy) is 3. The minimum atomic E-state index is -0.478. The number of methoxy groups -OCH3 is 1. The summed E-state index contributed by atoms with van der Waals surface area (Å²) in [5.74, 6) is 0.434. The number of esters is 1. The molecule has 0 radical (unpaired) electrons. The topological polar surface area (TPSA) is 86.2 Å². The molecule has 3 aromatic rings. The number of carbonyl (C=O) groups is 2. The largest absolute Gasteiger partial charge is 0.497 e. The first-order valence-corrected chi connectivity index (χ1v) is 9.62.